The second kappa shape index (κ2) is 8.01. The maximum absolute atomic E-state index is 13.0. The summed E-state index contributed by atoms with van der Waals surface area (Å²) >= 11 is 0. The van der Waals surface area contributed by atoms with Gasteiger partial charge < -0.3 is 9.47 Å². The van der Waals surface area contributed by atoms with Crippen LogP contribution in [0, 0.1) is 18.2 Å². The fraction of sp³-hybridized carbons (Fsp3) is 0.222. The number of benzene rings is 2. The van der Waals surface area contributed by atoms with Crippen LogP contribution in [-0.4, -0.2) is 33.5 Å². The van der Waals surface area contributed by atoms with Gasteiger partial charge in [0.2, 0.25) is 10.0 Å². The average Bonchev–Trinajstić information content (AvgIpc) is 2.62. The molecular formula is C18H18FNO4S. The van der Waals surface area contributed by atoms with E-state index in [1.54, 1.807) is 0 Å². The standard InChI is InChI=1S/C18H18FNO4S/c1-4-11-20(13-14-5-7-15(19)8-6-14)25(21,22)16-9-10-17(23-2)18(12-16)24-3/h1,5-10,12H,11,13H2,2-3H3. The number of ether oxygens (including phenoxy) is 2. The lowest BCUT2D eigenvalue weighted by atomic mass is 10.2. The third kappa shape index (κ3) is 4.29. The van der Waals surface area contributed by atoms with Crippen molar-refractivity contribution in [2.45, 2.75) is 11.4 Å². The van der Waals surface area contributed by atoms with E-state index in [2.05, 4.69) is 5.92 Å². The molecule has 25 heavy (non-hydrogen) atoms. The molecule has 0 saturated heterocycles. The van der Waals surface area contributed by atoms with E-state index < -0.39 is 15.8 Å². The van der Waals surface area contributed by atoms with Gasteiger partial charge in [-0.1, -0.05) is 18.1 Å². The van der Waals surface area contributed by atoms with Gasteiger partial charge in [0.05, 0.1) is 25.7 Å². The Hall–Kier alpha value is -2.56. The van der Waals surface area contributed by atoms with Gasteiger partial charge in [-0.3, -0.25) is 0 Å². The molecule has 0 fully saturated rings. The van der Waals surface area contributed by atoms with Crippen LogP contribution < -0.4 is 9.47 Å². The summed E-state index contributed by atoms with van der Waals surface area (Å²) in [5, 5.41) is 0. The van der Waals surface area contributed by atoms with Crippen LogP contribution in [0.25, 0.3) is 0 Å². The molecule has 0 amide bonds. The number of hydrogen-bond acceptors (Lipinski definition) is 4. The molecule has 0 spiro atoms. The molecule has 0 N–H and O–H groups in total. The topological polar surface area (TPSA) is 55.8 Å². The van der Waals surface area contributed by atoms with E-state index in [4.69, 9.17) is 15.9 Å². The van der Waals surface area contributed by atoms with E-state index >= 15 is 0 Å². The molecule has 2 aromatic carbocycles. The van der Waals surface area contributed by atoms with Crippen LogP contribution >= 0.6 is 0 Å². The smallest absolute Gasteiger partial charge is 0.244 e. The monoisotopic (exact) mass is 363 g/mol. The third-order valence-electron chi connectivity index (χ3n) is 3.53. The number of sulfonamides is 1. The highest BCUT2D eigenvalue weighted by molar-refractivity contribution is 7.89. The summed E-state index contributed by atoms with van der Waals surface area (Å²) in [6.07, 6.45) is 5.32. The van der Waals surface area contributed by atoms with E-state index in [-0.39, 0.29) is 18.0 Å². The molecule has 0 aliphatic heterocycles. The molecule has 0 radical (unpaired) electrons. The first kappa shape index (κ1) is 18.8. The Balaban J connectivity index is 2.38. The Morgan fingerprint density at radius 1 is 1.08 bits per heavy atom. The maximum atomic E-state index is 13.0. The van der Waals surface area contributed by atoms with E-state index in [0.717, 1.165) is 4.31 Å². The molecule has 132 valence electrons. The van der Waals surface area contributed by atoms with Crippen molar-refractivity contribution in [1.29, 1.82) is 0 Å². The van der Waals surface area contributed by atoms with Gasteiger partial charge >= 0.3 is 0 Å². The highest BCUT2D eigenvalue weighted by Gasteiger charge is 2.25. The van der Waals surface area contributed by atoms with Crippen molar-refractivity contribution in [3.63, 3.8) is 0 Å². The second-order valence-corrected chi connectivity index (χ2v) is 7.06. The summed E-state index contributed by atoms with van der Waals surface area (Å²) in [6.45, 7) is -0.0881. The lowest BCUT2D eigenvalue weighted by Gasteiger charge is -2.21. The van der Waals surface area contributed by atoms with Gasteiger partial charge in [0, 0.05) is 12.6 Å². The Labute approximate surface area is 147 Å². The molecule has 0 atom stereocenters. The van der Waals surface area contributed by atoms with E-state index in [1.165, 1.54) is 56.7 Å². The summed E-state index contributed by atoms with van der Waals surface area (Å²) in [4.78, 5) is 0.0301. The largest absolute Gasteiger partial charge is 0.493 e. The molecule has 0 aliphatic rings. The number of halogens is 1. The first-order valence-corrected chi connectivity index (χ1v) is 8.76. The minimum atomic E-state index is -3.87. The minimum Gasteiger partial charge on any atom is -0.493 e. The first-order chi connectivity index (χ1) is 11.9. The van der Waals surface area contributed by atoms with Crippen LogP contribution in [0.4, 0.5) is 4.39 Å². The van der Waals surface area contributed by atoms with E-state index in [0.29, 0.717) is 17.1 Å². The highest BCUT2D eigenvalue weighted by atomic mass is 32.2. The fourth-order valence-corrected chi connectivity index (χ4v) is 3.60. The summed E-state index contributed by atoms with van der Waals surface area (Å²) in [6, 6.07) is 9.88. The molecule has 5 nitrogen and oxygen atoms in total. The Morgan fingerprint density at radius 3 is 2.28 bits per heavy atom. The third-order valence-corrected chi connectivity index (χ3v) is 5.32. The van der Waals surface area contributed by atoms with Crippen LogP contribution in [-0.2, 0) is 16.6 Å². The molecule has 0 bridgehead atoms. The van der Waals surface area contributed by atoms with Gasteiger partial charge in [0.1, 0.15) is 5.82 Å². The van der Waals surface area contributed by atoms with Crippen LogP contribution in [0.2, 0.25) is 0 Å². The number of rotatable bonds is 7. The predicted molar refractivity (Wildman–Crippen MR) is 92.4 cm³/mol. The van der Waals surface area contributed by atoms with Crippen molar-refractivity contribution in [2.24, 2.45) is 0 Å². The van der Waals surface area contributed by atoms with Crippen molar-refractivity contribution in [1.82, 2.24) is 4.31 Å². The Morgan fingerprint density at radius 2 is 1.72 bits per heavy atom. The molecule has 7 heteroatoms. The molecule has 0 aromatic heterocycles. The molecular weight excluding hydrogens is 345 g/mol. The number of hydrogen-bond donors (Lipinski definition) is 0. The van der Waals surface area contributed by atoms with Crippen LogP contribution in [0.1, 0.15) is 5.56 Å². The molecule has 0 unspecified atom stereocenters. The number of nitrogens with zero attached hydrogens (tertiary/aromatic N) is 1. The highest BCUT2D eigenvalue weighted by Crippen LogP contribution is 2.31. The van der Waals surface area contributed by atoms with Crippen LogP contribution in [0.5, 0.6) is 11.5 Å². The molecule has 0 saturated carbocycles. The van der Waals surface area contributed by atoms with Gasteiger partial charge in [-0.15, -0.1) is 6.42 Å². The first-order valence-electron chi connectivity index (χ1n) is 7.32. The van der Waals surface area contributed by atoms with Crippen molar-refractivity contribution >= 4 is 10.0 Å². The zero-order chi connectivity index (χ0) is 18.4. The molecule has 0 heterocycles. The summed E-state index contributed by atoms with van der Waals surface area (Å²) in [5.41, 5.74) is 0.626. The van der Waals surface area contributed by atoms with Crippen molar-refractivity contribution in [2.75, 3.05) is 20.8 Å². The fourth-order valence-electron chi connectivity index (χ4n) is 2.25. The lowest BCUT2D eigenvalue weighted by molar-refractivity contribution is 0.353. The Bertz CT molecular complexity index is 873. The van der Waals surface area contributed by atoms with Gasteiger partial charge in [0.25, 0.3) is 0 Å². The molecule has 2 rings (SSSR count). The summed E-state index contributed by atoms with van der Waals surface area (Å²) in [7, 11) is -0.981. The average molecular weight is 363 g/mol. The quantitative estimate of drug-likeness (QED) is 0.710. The minimum absolute atomic E-state index is 0.0289. The van der Waals surface area contributed by atoms with E-state index in [1.807, 2.05) is 0 Å². The van der Waals surface area contributed by atoms with E-state index in [9.17, 15) is 12.8 Å². The van der Waals surface area contributed by atoms with Crippen molar-refractivity contribution in [3.8, 4) is 23.8 Å². The summed E-state index contributed by atoms with van der Waals surface area (Å²) in [5.74, 6) is 2.67. The zero-order valence-electron chi connectivity index (χ0n) is 13.9. The van der Waals surface area contributed by atoms with Gasteiger partial charge in [-0.25, -0.2) is 12.8 Å². The second-order valence-electron chi connectivity index (χ2n) is 5.12. The van der Waals surface area contributed by atoms with Crippen LogP contribution in [0.15, 0.2) is 47.4 Å². The lowest BCUT2D eigenvalue weighted by Crippen LogP contribution is -2.31. The molecule has 2 aromatic rings. The van der Waals surface area contributed by atoms with Crippen LogP contribution in [0.3, 0.4) is 0 Å². The number of terminal acetylenes is 1. The number of methoxy groups -OCH3 is 2. The summed E-state index contributed by atoms with van der Waals surface area (Å²) < 4.78 is 50.3. The Kier molecular flexibility index (Phi) is 6.02. The van der Waals surface area contributed by atoms with Gasteiger partial charge in [-0.05, 0) is 29.8 Å². The predicted octanol–water partition coefficient (Wildman–Crippen LogP) is 2.67. The maximum Gasteiger partial charge on any atom is 0.244 e. The van der Waals surface area contributed by atoms with Crippen molar-refractivity contribution in [3.05, 3.63) is 53.8 Å². The SMILES string of the molecule is C#CCN(Cc1ccc(F)cc1)S(=O)(=O)c1ccc(OC)c(OC)c1. The normalized spacial score (nSPS) is 11.2. The molecule has 0 aliphatic carbocycles. The van der Waals surface area contributed by atoms with Gasteiger partial charge in [0.15, 0.2) is 11.5 Å². The zero-order valence-corrected chi connectivity index (χ0v) is 14.7. The van der Waals surface area contributed by atoms with Gasteiger partial charge in [-0.2, -0.15) is 4.31 Å². The van der Waals surface area contributed by atoms with Crippen molar-refractivity contribution < 1.29 is 22.3 Å².